The lowest BCUT2D eigenvalue weighted by molar-refractivity contribution is -0.385. The molecule has 1 aromatic carbocycles. The highest BCUT2D eigenvalue weighted by Crippen LogP contribution is 2.31. The highest BCUT2D eigenvalue weighted by Gasteiger charge is 2.32. The highest BCUT2D eigenvalue weighted by atomic mass is 35.7. The average Bonchev–Trinajstić information content (AvgIpc) is 2.02. The van der Waals surface area contributed by atoms with Crippen molar-refractivity contribution in [1.29, 1.82) is 0 Å². The van der Waals surface area contributed by atoms with E-state index >= 15 is 0 Å². The Hall–Kier alpha value is -0.690. The lowest BCUT2D eigenvalue weighted by Crippen LogP contribution is -2.01. The van der Waals surface area contributed by atoms with Gasteiger partial charge in [0, 0.05) is 6.07 Å². The molecule has 0 fully saturated rings. The maximum Gasteiger partial charge on any atom is 0.349 e. The molecule has 1 atom stereocenters. The summed E-state index contributed by atoms with van der Waals surface area (Å²) in [5.41, 5.74) is -0.341. The first kappa shape index (κ1) is 11.4. The van der Waals surface area contributed by atoms with E-state index in [2.05, 4.69) is 0 Å². The van der Waals surface area contributed by atoms with Crippen LogP contribution in [0.2, 0.25) is 5.02 Å². The fourth-order valence-corrected chi connectivity index (χ4v) is 2.31. The van der Waals surface area contributed by atoms with Gasteiger partial charge in [-0.1, -0.05) is 11.6 Å². The Morgan fingerprint density at radius 3 is 2.50 bits per heavy atom. The minimum Gasteiger partial charge on any atom is -0.258 e. The van der Waals surface area contributed by atoms with E-state index in [0.29, 0.717) is 0 Å². The van der Waals surface area contributed by atoms with Crippen LogP contribution in [0.1, 0.15) is 0 Å². The first-order chi connectivity index (χ1) is 6.32. The molecule has 0 aliphatic heterocycles. The van der Waals surface area contributed by atoms with E-state index < -0.39 is 14.4 Å². The Morgan fingerprint density at radius 2 is 2.07 bits per heavy atom. The van der Waals surface area contributed by atoms with E-state index in [1.807, 2.05) is 0 Å². The number of non-ortho nitro benzene ring substituents is 1. The van der Waals surface area contributed by atoms with Gasteiger partial charge in [0.15, 0.2) is 0 Å². The van der Waals surface area contributed by atoms with Gasteiger partial charge in [-0.15, -0.1) is 0 Å². The van der Waals surface area contributed by atoms with Crippen molar-refractivity contribution < 1.29 is 13.7 Å². The van der Waals surface area contributed by atoms with Gasteiger partial charge in [0.25, 0.3) is 5.69 Å². The molecule has 0 aliphatic carbocycles. The summed E-state index contributed by atoms with van der Waals surface area (Å²) in [6, 6.07) is 3.14. The summed E-state index contributed by atoms with van der Waals surface area (Å²) >= 11 is 5.54. The van der Waals surface area contributed by atoms with Gasteiger partial charge >= 0.3 is 9.43 Å². The summed E-state index contributed by atoms with van der Waals surface area (Å²) in [6.07, 6.45) is 0. The van der Waals surface area contributed by atoms with E-state index in [4.69, 9.17) is 26.8 Å². The number of benzene rings is 1. The molecule has 0 amide bonds. The molecule has 5 nitrogen and oxygen atoms in total. The van der Waals surface area contributed by atoms with Crippen molar-refractivity contribution in [3.63, 3.8) is 0 Å². The molecule has 0 radical (unpaired) electrons. The van der Waals surface area contributed by atoms with Crippen molar-refractivity contribution in [2.24, 2.45) is 0 Å². The second-order valence-electron chi connectivity index (χ2n) is 2.33. The van der Waals surface area contributed by atoms with E-state index in [1.54, 1.807) is 0 Å². The summed E-state index contributed by atoms with van der Waals surface area (Å²) < 4.78 is 20.0. The Kier molecular flexibility index (Phi) is 3.10. The van der Waals surface area contributed by atoms with Crippen LogP contribution in [-0.4, -0.2) is 9.48 Å². The Balaban J connectivity index is 3.36. The third-order valence-corrected chi connectivity index (χ3v) is 3.22. The number of halogens is 2. The van der Waals surface area contributed by atoms with Crippen LogP contribution < -0.4 is 0 Å². The fourth-order valence-electron chi connectivity index (χ4n) is 0.799. The zero-order valence-electron chi connectivity index (χ0n) is 6.52. The van der Waals surface area contributed by atoms with Gasteiger partial charge in [-0.2, -0.15) is 4.55 Å². The number of hydrogen-bond acceptors (Lipinski definition) is 3. The van der Waals surface area contributed by atoms with Crippen molar-refractivity contribution >= 4 is 37.4 Å². The van der Waals surface area contributed by atoms with Crippen LogP contribution >= 0.6 is 22.3 Å². The average molecular weight is 257 g/mol. The number of nitro benzene ring substituents is 1. The molecule has 1 N–H and O–H groups in total. The molecule has 0 aliphatic rings. The van der Waals surface area contributed by atoms with Crippen LogP contribution in [0.4, 0.5) is 5.69 Å². The highest BCUT2D eigenvalue weighted by molar-refractivity contribution is 8.19. The lowest BCUT2D eigenvalue weighted by Gasteiger charge is -1.97. The fraction of sp³-hybridized carbons (Fsp3) is 0. The molecule has 0 saturated carbocycles. The second kappa shape index (κ2) is 3.82. The maximum absolute atomic E-state index is 11.0. The lowest BCUT2D eigenvalue weighted by atomic mass is 10.3. The largest absolute Gasteiger partial charge is 0.349 e. The van der Waals surface area contributed by atoms with E-state index in [-0.39, 0.29) is 15.6 Å². The molecular formula is C6H4Cl2NO4S+. The zero-order chi connectivity index (χ0) is 10.9. The summed E-state index contributed by atoms with van der Waals surface area (Å²) in [5.74, 6) is 0. The quantitative estimate of drug-likeness (QED) is 0.382. The van der Waals surface area contributed by atoms with Gasteiger partial charge in [-0.3, -0.25) is 10.1 Å². The molecule has 8 heteroatoms. The van der Waals surface area contributed by atoms with Gasteiger partial charge in [0.2, 0.25) is 15.6 Å². The molecule has 0 aromatic heterocycles. The maximum atomic E-state index is 11.0. The Bertz CT molecular complexity index is 430. The van der Waals surface area contributed by atoms with Gasteiger partial charge in [0.05, 0.1) is 11.0 Å². The number of nitro groups is 1. The van der Waals surface area contributed by atoms with E-state index in [0.717, 1.165) is 18.2 Å². The zero-order valence-corrected chi connectivity index (χ0v) is 8.84. The van der Waals surface area contributed by atoms with Gasteiger partial charge < -0.3 is 0 Å². The van der Waals surface area contributed by atoms with Crippen molar-refractivity contribution in [1.82, 2.24) is 0 Å². The number of rotatable bonds is 2. The SMILES string of the molecule is O=[N+]([O-])c1ccc(Cl)c([S+](=O)(O)Cl)c1. The standard InChI is InChI=1S/C6H3Cl2NO4S/c7-5-2-1-4(9(10)11)3-6(5)14(8,12)13/h1-3H/p+1. The van der Waals surface area contributed by atoms with Crippen molar-refractivity contribution in [2.75, 3.05) is 0 Å². The molecule has 1 rings (SSSR count). The summed E-state index contributed by atoms with van der Waals surface area (Å²) in [6.45, 7) is 0. The summed E-state index contributed by atoms with van der Waals surface area (Å²) in [4.78, 5) is 9.28. The smallest absolute Gasteiger partial charge is 0.258 e. The molecule has 0 heterocycles. The predicted octanol–water partition coefficient (Wildman–Crippen LogP) is 2.73. The second-order valence-corrected chi connectivity index (χ2v) is 5.35. The van der Waals surface area contributed by atoms with Gasteiger partial charge in [-0.05, 0) is 10.3 Å². The third-order valence-electron chi connectivity index (χ3n) is 1.40. The molecule has 14 heavy (non-hydrogen) atoms. The van der Waals surface area contributed by atoms with E-state index in [9.17, 15) is 14.3 Å². The first-order valence-electron chi connectivity index (χ1n) is 3.22. The van der Waals surface area contributed by atoms with Gasteiger partial charge in [-0.25, -0.2) is 0 Å². The molecule has 1 aromatic rings. The molecule has 1 unspecified atom stereocenters. The normalized spacial score (nSPS) is 14.8. The predicted molar refractivity (Wildman–Crippen MR) is 52.9 cm³/mol. The Labute approximate surface area is 89.5 Å². The first-order valence-corrected chi connectivity index (χ1v) is 5.94. The topological polar surface area (TPSA) is 80.4 Å². The number of nitrogens with zero attached hydrogens (tertiary/aromatic N) is 1. The van der Waals surface area contributed by atoms with Crippen molar-refractivity contribution in [2.45, 2.75) is 4.90 Å². The van der Waals surface area contributed by atoms with Crippen molar-refractivity contribution in [3.8, 4) is 0 Å². The Morgan fingerprint density at radius 1 is 1.50 bits per heavy atom. The van der Waals surface area contributed by atoms with Crippen LogP contribution in [0.3, 0.4) is 0 Å². The summed E-state index contributed by atoms with van der Waals surface area (Å²) in [5, 5.41) is 10.3. The molecule has 0 bridgehead atoms. The van der Waals surface area contributed by atoms with Crippen LogP contribution in [0, 0.1) is 10.1 Å². The van der Waals surface area contributed by atoms with Crippen molar-refractivity contribution in [3.05, 3.63) is 33.3 Å². The van der Waals surface area contributed by atoms with E-state index in [1.165, 1.54) is 0 Å². The van der Waals surface area contributed by atoms with Crippen LogP contribution in [-0.2, 0) is 13.6 Å². The van der Waals surface area contributed by atoms with Crippen LogP contribution in [0.25, 0.3) is 0 Å². The van der Waals surface area contributed by atoms with Crippen LogP contribution in [0.15, 0.2) is 23.1 Å². The molecule has 0 spiro atoms. The molecular weight excluding hydrogens is 253 g/mol. The molecule has 76 valence electrons. The van der Waals surface area contributed by atoms with Crippen LogP contribution in [0.5, 0.6) is 0 Å². The summed E-state index contributed by atoms with van der Waals surface area (Å²) in [7, 11) is 1.31. The monoisotopic (exact) mass is 256 g/mol. The third kappa shape index (κ3) is 2.42. The minimum atomic E-state index is -3.80. The number of hydrogen-bond donors (Lipinski definition) is 1. The van der Waals surface area contributed by atoms with Gasteiger partial charge in [0.1, 0.15) is 5.02 Å². The molecule has 0 saturated heterocycles. The minimum absolute atomic E-state index is 0.0851.